The molecule has 0 aliphatic heterocycles. The van der Waals surface area contributed by atoms with Gasteiger partial charge in [0, 0.05) is 18.3 Å². The molecular formula is C26H36F3N3O. The smallest absolute Gasteiger partial charge is 0.318 e. The van der Waals surface area contributed by atoms with Gasteiger partial charge >= 0.3 is 12.2 Å². The van der Waals surface area contributed by atoms with Crippen LogP contribution < -0.4 is 5.32 Å². The van der Waals surface area contributed by atoms with E-state index in [-0.39, 0.29) is 18.6 Å². The normalized spacial score (nSPS) is 12.6. The topological polar surface area (TPSA) is 35.6 Å². The van der Waals surface area contributed by atoms with E-state index in [0.29, 0.717) is 11.3 Å². The van der Waals surface area contributed by atoms with Crippen LogP contribution in [0.3, 0.4) is 0 Å². The van der Waals surface area contributed by atoms with E-state index in [1.165, 1.54) is 17.7 Å². The lowest BCUT2D eigenvalue weighted by Crippen LogP contribution is -2.41. The summed E-state index contributed by atoms with van der Waals surface area (Å²) in [5.74, 6) is 0. The number of alkyl halides is 3. The fraction of sp³-hybridized carbons (Fsp3) is 0.500. The molecule has 7 heteroatoms. The summed E-state index contributed by atoms with van der Waals surface area (Å²) in [6.45, 7) is 11.5. The molecule has 0 spiro atoms. The second-order valence-electron chi connectivity index (χ2n) is 8.32. The predicted octanol–water partition coefficient (Wildman–Crippen LogP) is 6.81. The third-order valence-corrected chi connectivity index (χ3v) is 6.03. The molecule has 0 aliphatic carbocycles. The summed E-state index contributed by atoms with van der Waals surface area (Å²) in [6, 6.07) is 12.4. The second kappa shape index (κ2) is 12.6. The van der Waals surface area contributed by atoms with Gasteiger partial charge < -0.3 is 15.1 Å². The van der Waals surface area contributed by atoms with E-state index < -0.39 is 11.7 Å². The zero-order valence-electron chi connectivity index (χ0n) is 20.1. The number of rotatable bonds is 11. The van der Waals surface area contributed by atoms with Gasteiger partial charge in [-0.1, -0.05) is 45.0 Å². The van der Waals surface area contributed by atoms with Gasteiger partial charge in [-0.3, -0.25) is 0 Å². The molecule has 1 unspecified atom stereocenters. The van der Waals surface area contributed by atoms with Crippen LogP contribution in [-0.4, -0.2) is 41.5 Å². The Morgan fingerprint density at radius 3 is 2.03 bits per heavy atom. The van der Waals surface area contributed by atoms with Crippen LogP contribution in [0.4, 0.5) is 23.7 Å². The largest absolute Gasteiger partial charge is 0.416 e. The van der Waals surface area contributed by atoms with Crippen molar-refractivity contribution in [3.8, 4) is 0 Å². The molecule has 0 heterocycles. The van der Waals surface area contributed by atoms with Crippen LogP contribution in [-0.2, 0) is 19.1 Å². The lowest BCUT2D eigenvalue weighted by atomic mass is 10.1. The van der Waals surface area contributed by atoms with Crippen LogP contribution in [0.2, 0.25) is 0 Å². The number of nitrogens with zero attached hydrogens (tertiary/aromatic N) is 2. The number of urea groups is 1. The molecule has 1 atom stereocenters. The first kappa shape index (κ1) is 26.7. The number of carbonyl (C=O) groups excluding carboxylic acids is 1. The van der Waals surface area contributed by atoms with E-state index in [1.54, 1.807) is 4.90 Å². The van der Waals surface area contributed by atoms with E-state index in [1.807, 2.05) is 31.2 Å². The monoisotopic (exact) mass is 463 g/mol. The van der Waals surface area contributed by atoms with Crippen molar-refractivity contribution >= 4 is 11.7 Å². The molecule has 0 aromatic heterocycles. The molecule has 0 radical (unpaired) electrons. The number of hydrogen-bond donors (Lipinski definition) is 1. The average molecular weight is 464 g/mol. The first-order valence-corrected chi connectivity index (χ1v) is 11.7. The van der Waals surface area contributed by atoms with Crippen LogP contribution in [0.1, 0.15) is 57.2 Å². The molecule has 2 aromatic rings. The van der Waals surface area contributed by atoms with Gasteiger partial charge in [-0.25, -0.2) is 4.79 Å². The number of halogens is 3. The molecule has 0 saturated carbocycles. The maximum absolute atomic E-state index is 13.2. The highest BCUT2D eigenvalue weighted by Crippen LogP contribution is 2.29. The number of nitrogens with one attached hydrogen (secondary N) is 1. The molecule has 33 heavy (non-hydrogen) atoms. The molecule has 182 valence electrons. The summed E-state index contributed by atoms with van der Waals surface area (Å²) in [4.78, 5) is 17.2. The van der Waals surface area contributed by atoms with E-state index >= 15 is 0 Å². The van der Waals surface area contributed by atoms with Crippen molar-refractivity contribution in [3.63, 3.8) is 0 Å². The number of hydrogen-bond acceptors (Lipinski definition) is 2. The van der Waals surface area contributed by atoms with Gasteiger partial charge in [-0.05, 0) is 81.2 Å². The van der Waals surface area contributed by atoms with Gasteiger partial charge in [0.15, 0.2) is 0 Å². The summed E-state index contributed by atoms with van der Waals surface area (Å²) in [5.41, 5.74) is 1.85. The Hall–Kier alpha value is -2.54. The fourth-order valence-electron chi connectivity index (χ4n) is 3.75. The third kappa shape index (κ3) is 8.39. The molecule has 0 aliphatic rings. The molecule has 2 rings (SSSR count). The summed E-state index contributed by atoms with van der Waals surface area (Å²) in [7, 11) is 0. The van der Waals surface area contributed by atoms with E-state index in [4.69, 9.17) is 0 Å². The van der Waals surface area contributed by atoms with Crippen molar-refractivity contribution in [2.75, 3.05) is 25.0 Å². The van der Waals surface area contributed by atoms with E-state index in [2.05, 4.69) is 31.0 Å². The number of aryl methyl sites for hydroxylation is 1. The minimum atomic E-state index is -4.38. The average Bonchev–Trinajstić information content (AvgIpc) is 2.80. The molecule has 1 N–H and O–H groups in total. The molecule has 4 nitrogen and oxygen atoms in total. The SMILES string of the molecule is CCc1ccc(NC(=O)N(Cc2ccc(C(F)(F)F)cc2)C(C)CCCN(CC)CC)cc1. The van der Waals surface area contributed by atoms with Crippen molar-refractivity contribution in [1.82, 2.24) is 9.80 Å². The number of benzene rings is 2. The number of anilines is 1. The lowest BCUT2D eigenvalue weighted by molar-refractivity contribution is -0.137. The molecular weight excluding hydrogens is 427 g/mol. The minimum absolute atomic E-state index is 0.0715. The van der Waals surface area contributed by atoms with Crippen molar-refractivity contribution in [2.45, 2.75) is 65.7 Å². The van der Waals surface area contributed by atoms with Gasteiger partial charge in [0.2, 0.25) is 0 Å². The summed E-state index contributed by atoms with van der Waals surface area (Å²) < 4.78 is 38.8. The highest BCUT2D eigenvalue weighted by atomic mass is 19.4. The Labute approximate surface area is 195 Å². The van der Waals surface area contributed by atoms with Crippen molar-refractivity contribution in [2.24, 2.45) is 0 Å². The molecule has 2 amide bonds. The minimum Gasteiger partial charge on any atom is -0.318 e. The van der Waals surface area contributed by atoms with Gasteiger partial charge in [-0.15, -0.1) is 0 Å². The lowest BCUT2D eigenvalue weighted by Gasteiger charge is -2.30. The maximum atomic E-state index is 13.2. The van der Waals surface area contributed by atoms with Crippen molar-refractivity contribution in [3.05, 3.63) is 65.2 Å². The Kier molecular flexibility index (Phi) is 10.2. The van der Waals surface area contributed by atoms with Crippen molar-refractivity contribution in [1.29, 1.82) is 0 Å². The molecule has 0 bridgehead atoms. The predicted molar refractivity (Wildman–Crippen MR) is 128 cm³/mol. The molecule has 2 aromatic carbocycles. The van der Waals surface area contributed by atoms with E-state index in [9.17, 15) is 18.0 Å². The van der Waals surface area contributed by atoms with Gasteiger partial charge in [-0.2, -0.15) is 13.2 Å². The zero-order valence-corrected chi connectivity index (χ0v) is 20.1. The van der Waals surface area contributed by atoms with Crippen LogP contribution in [0.5, 0.6) is 0 Å². The number of carbonyl (C=O) groups is 1. The zero-order chi connectivity index (χ0) is 24.4. The Balaban J connectivity index is 2.14. The van der Waals surface area contributed by atoms with Crippen LogP contribution in [0.15, 0.2) is 48.5 Å². The molecule has 0 fully saturated rings. The second-order valence-corrected chi connectivity index (χ2v) is 8.32. The van der Waals surface area contributed by atoms with Crippen molar-refractivity contribution < 1.29 is 18.0 Å². The van der Waals surface area contributed by atoms with Gasteiger partial charge in [0.05, 0.1) is 5.56 Å². The van der Waals surface area contributed by atoms with Crippen LogP contribution in [0, 0.1) is 0 Å². The third-order valence-electron chi connectivity index (χ3n) is 6.03. The standard InChI is InChI=1S/C26H36F3N3O/c1-5-21-12-16-24(17-13-21)30-25(33)32(20(4)9-8-18-31(6-2)7-3)19-22-10-14-23(15-11-22)26(27,28)29/h10-17,20H,5-9,18-19H2,1-4H3,(H,30,33). The van der Waals surface area contributed by atoms with E-state index in [0.717, 1.165) is 51.0 Å². The van der Waals surface area contributed by atoms with Gasteiger partial charge in [0.25, 0.3) is 0 Å². The first-order chi connectivity index (χ1) is 15.7. The Morgan fingerprint density at radius 2 is 1.52 bits per heavy atom. The number of amides is 2. The summed E-state index contributed by atoms with van der Waals surface area (Å²) in [5, 5.41) is 2.95. The highest BCUT2D eigenvalue weighted by molar-refractivity contribution is 5.89. The summed E-state index contributed by atoms with van der Waals surface area (Å²) in [6.07, 6.45) is -1.72. The van der Waals surface area contributed by atoms with Crippen LogP contribution >= 0.6 is 0 Å². The van der Waals surface area contributed by atoms with Crippen LogP contribution in [0.25, 0.3) is 0 Å². The highest BCUT2D eigenvalue weighted by Gasteiger charge is 2.30. The van der Waals surface area contributed by atoms with Gasteiger partial charge in [0.1, 0.15) is 0 Å². The Bertz CT molecular complexity index is 847. The first-order valence-electron chi connectivity index (χ1n) is 11.7. The fourth-order valence-corrected chi connectivity index (χ4v) is 3.75. The maximum Gasteiger partial charge on any atom is 0.416 e. The summed E-state index contributed by atoms with van der Waals surface area (Å²) >= 11 is 0. The quantitative estimate of drug-likeness (QED) is 0.397. The Morgan fingerprint density at radius 1 is 0.939 bits per heavy atom. The molecule has 0 saturated heterocycles.